The molecule has 1 N–H and O–H groups in total. The first-order valence-corrected chi connectivity index (χ1v) is 9.36. The van der Waals surface area contributed by atoms with Crippen LogP contribution in [0.5, 0.6) is 5.75 Å². The summed E-state index contributed by atoms with van der Waals surface area (Å²) in [6, 6.07) is 9.64. The highest BCUT2D eigenvalue weighted by atomic mass is 35.5. The molecule has 140 valence electrons. The van der Waals surface area contributed by atoms with Crippen LogP contribution < -0.4 is 4.74 Å². The van der Waals surface area contributed by atoms with Crippen LogP contribution in [0.3, 0.4) is 0 Å². The van der Waals surface area contributed by atoms with Gasteiger partial charge in [0.15, 0.2) is 0 Å². The van der Waals surface area contributed by atoms with Gasteiger partial charge in [-0.05, 0) is 42.3 Å². The van der Waals surface area contributed by atoms with Crippen molar-refractivity contribution in [1.29, 1.82) is 0 Å². The summed E-state index contributed by atoms with van der Waals surface area (Å²) < 4.78 is 19.8. The zero-order chi connectivity index (χ0) is 19.6. The number of methoxy groups -OCH3 is 1. The Morgan fingerprint density at radius 3 is 2.78 bits per heavy atom. The number of aliphatic carboxylic acids is 1. The number of carbonyl (C=O) groups is 1. The third-order valence-electron chi connectivity index (χ3n) is 4.12. The number of carboxylic acids is 1. The largest absolute Gasteiger partial charge is 0.496 e. The van der Waals surface area contributed by atoms with Crippen molar-refractivity contribution in [3.63, 3.8) is 0 Å². The van der Waals surface area contributed by atoms with Crippen molar-refractivity contribution in [3.05, 3.63) is 68.9 Å². The van der Waals surface area contributed by atoms with E-state index in [-0.39, 0.29) is 6.42 Å². The number of hydrogen-bond donors (Lipinski definition) is 1. The maximum atomic E-state index is 14.5. The van der Waals surface area contributed by atoms with Crippen LogP contribution in [-0.2, 0) is 4.79 Å². The highest BCUT2D eigenvalue weighted by Gasteiger charge is 2.23. The van der Waals surface area contributed by atoms with E-state index in [0.29, 0.717) is 32.5 Å². The Hall–Kier alpha value is -2.44. The average molecular weight is 406 g/mol. The van der Waals surface area contributed by atoms with E-state index in [4.69, 9.17) is 16.3 Å². The van der Waals surface area contributed by atoms with Crippen molar-refractivity contribution < 1.29 is 19.0 Å². The molecular weight excluding hydrogens is 389 g/mol. The molecule has 0 saturated heterocycles. The summed E-state index contributed by atoms with van der Waals surface area (Å²) in [4.78, 5) is 16.7. The lowest BCUT2D eigenvalue weighted by Gasteiger charge is -2.16. The summed E-state index contributed by atoms with van der Waals surface area (Å²) >= 11 is 7.73. The fourth-order valence-corrected chi connectivity index (χ4v) is 4.15. The lowest BCUT2D eigenvalue weighted by atomic mass is 9.92. The van der Waals surface area contributed by atoms with Gasteiger partial charge in [-0.1, -0.05) is 23.7 Å². The van der Waals surface area contributed by atoms with E-state index in [1.54, 1.807) is 30.5 Å². The summed E-state index contributed by atoms with van der Waals surface area (Å²) in [7, 11) is 1.51. The first-order chi connectivity index (χ1) is 12.9. The number of nitrogens with zero attached hydrogens (tertiary/aromatic N) is 1. The van der Waals surface area contributed by atoms with Crippen LogP contribution in [-0.4, -0.2) is 23.2 Å². The van der Waals surface area contributed by atoms with E-state index < -0.39 is 17.7 Å². The first kappa shape index (κ1) is 19.3. The molecule has 0 bridgehead atoms. The normalized spacial score (nSPS) is 12.0. The standard InChI is InChI=1S/C20H17ClFNO3S/c1-11-10-23-20(27-11)15(9-18(24)25)12-6-13(8-14(22)7-12)19-16(21)4-3-5-17(19)26-2/h3-8,10,15H,9H2,1-2H3,(H,24,25). The molecule has 7 heteroatoms. The molecule has 0 aliphatic heterocycles. The fourth-order valence-electron chi connectivity index (χ4n) is 2.97. The second-order valence-electron chi connectivity index (χ2n) is 6.05. The zero-order valence-electron chi connectivity index (χ0n) is 14.7. The van der Waals surface area contributed by atoms with Crippen LogP contribution in [0.25, 0.3) is 11.1 Å². The fraction of sp³-hybridized carbons (Fsp3) is 0.200. The summed E-state index contributed by atoms with van der Waals surface area (Å²) in [6.45, 7) is 1.89. The number of carboxylic acid groups (broad SMARTS) is 1. The highest BCUT2D eigenvalue weighted by molar-refractivity contribution is 7.11. The average Bonchev–Trinajstić information content (AvgIpc) is 3.04. The molecule has 0 aliphatic rings. The Labute approximate surface area is 165 Å². The van der Waals surface area contributed by atoms with E-state index >= 15 is 0 Å². The smallest absolute Gasteiger partial charge is 0.304 e. The number of ether oxygens (including phenoxy) is 1. The molecule has 2 aromatic carbocycles. The van der Waals surface area contributed by atoms with Crippen molar-refractivity contribution in [3.8, 4) is 16.9 Å². The number of aryl methyl sites for hydroxylation is 1. The molecule has 4 nitrogen and oxygen atoms in total. The molecule has 27 heavy (non-hydrogen) atoms. The van der Waals surface area contributed by atoms with Gasteiger partial charge >= 0.3 is 5.97 Å². The number of hydrogen-bond acceptors (Lipinski definition) is 4. The molecule has 3 aromatic rings. The van der Waals surface area contributed by atoms with E-state index in [1.807, 2.05) is 6.92 Å². The van der Waals surface area contributed by atoms with Gasteiger partial charge in [-0.25, -0.2) is 9.37 Å². The molecule has 0 fully saturated rings. The number of aromatic nitrogens is 1. The molecule has 0 aliphatic carbocycles. The summed E-state index contributed by atoms with van der Waals surface area (Å²) in [5, 5.41) is 10.4. The minimum absolute atomic E-state index is 0.185. The van der Waals surface area contributed by atoms with Gasteiger partial charge in [0, 0.05) is 22.6 Å². The molecule has 1 atom stereocenters. The second-order valence-corrected chi connectivity index (χ2v) is 7.72. The molecule has 0 amide bonds. The highest BCUT2D eigenvalue weighted by Crippen LogP contribution is 2.39. The topological polar surface area (TPSA) is 59.4 Å². The van der Waals surface area contributed by atoms with Gasteiger partial charge in [0.2, 0.25) is 0 Å². The molecule has 1 heterocycles. The van der Waals surface area contributed by atoms with Gasteiger partial charge < -0.3 is 9.84 Å². The Balaban J connectivity index is 2.15. The van der Waals surface area contributed by atoms with Gasteiger partial charge in [0.05, 0.1) is 18.6 Å². The van der Waals surface area contributed by atoms with Crippen LogP contribution in [0.15, 0.2) is 42.6 Å². The molecule has 0 saturated carbocycles. The molecule has 1 unspecified atom stereocenters. The number of rotatable bonds is 6. The van der Waals surface area contributed by atoms with Gasteiger partial charge in [-0.2, -0.15) is 0 Å². The molecule has 1 aromatic heterocycles. The monoisotopic (exact) mass is 405 g/mol. The summed E-state index contributed by atoms with van der Waals surface area (Å²) in [5.74, 6) is -1.50. The SMILES string of the molecule is COc1cccc(Cl)c1-c1cc(F)cc(C(CC(=O)O)c2ncc(C)s2)c1. The van der Waals surface area contributed by atoms with E-state index in [1.165, 1.54) is 30.6 Å². The van der Waals surface area contributed by atoms with Crippen molar-refractivity contribution in [2.45, 2.75) is 19.3 Å². The third-order valence-corrected chi connectivity index (χ3v) is 5.46. The Morgan fingerprint density at radius 2 is 2.15 bits per heavy atom. The zero-order valence-corrected chi connectivity index (χ0v) is 16.3. The lowest BCUT2D eigenvalue weighted by Crippen LogP contribution is -2.08. The lowest BCUT2D eigenvalue weighted by molar-refractivity contribution is -0.137. The van der Waals surface area contributed by atoms with Crippen molar-refractivity contribution in [2.24, 2.45) is 0 Å². The summed E-state index contributed by atoms with van der Waals surface area (Å²) in [6.07, 6.45) is 1.50. The van der Waals surface area contributed by atoms with Crippen molar-refractivity contribution in [1.82, 2.24) is 4.98 Å². The third kappa shape index (κ3) is 4.28. The minimum atomic E-state index is -0.978. The Kier molecular flexibility index (Phi) is 5.77. The Morgan fingerprint density at radius 1 is 1.37 bits per heavy atom. The van der Waals surface area contributed by atoms with Crippen LogP contribution in [0, 0.1) is 12.7 Å². The minimum Gasteiger partial charge on any atom is -0.496 e. The van der Waals surface area contributed by atoms with Gasteiger partial charge in [0.25, 0.3) is 0 Å². The van der Waals surface area contributed by atoms with Crippen LogP contribution in [0.4, 0.5) is 4.39 Å². The predicted molar refractivity (Wildman–Crippen MR) is 104 cm³/mol. The maximum Gasteiger partial charge on any atom is 0.304 e. The molecule has 0 spiro atoms. The summed E-state index contributed by atoms with van der Waals surface area (Å²) in [5.41, 5.74) is 1.62. The van der Waals surface area contributed by atoms with E-state index in [2.05, 4.69) is 4.98 Å². The first-order valence-electron chi connectivity index (χ1n) is 8.16. The molecule has 3 rings (SSSR count). The number of halogens is 2. The second kappa shape index (κ2) is 8.06. The van der Waals surface area contributed by atoms with Gasteiger partial charge in [-0.3, -0.25) is 4.79 Å². The van der Waals surface area contributed by atoms with E-state index in [0.717, 1.165) is 4.88 Å². The van der Waals surface area contributed by atoms with Crippen molar-refractivity contribution in [2.75, 3.05) is 7.11 Å². The number of thiazole rings is 1. The van der Waals surface area contributed by atoms with Crippen LogP contribution in [0.2, 0.25) is 5.02 Å². The van der Waals surface area contributed by atoms with E-state index in [9.17, 15) is 14.3 Å². The Bertz CT molecular complexity index is 989. The van der Waals surface area contributed by atoms with Crippen molar-refractivity contribution >= 4 is 28.9 Å². The molecule has 0 radical (unpaired) electrons. The van der Waals surface area contributed by atoms with Crippen LogP contribution in [0.1, 0.15) is 27.8 Å². The predicted octanol–water partition coefficient (Wildman–Crippen LogP) is 5.53. The van der Waals surface area contributed by atoms with Gasteiger partial charge in [0.1, 0.15) is 16.6 Å². The van der Waals surface area contributed by atoms with Gasteiger partial charge in [-0.15, -0.1) is 11.3 Å². The maximum absolute atomic E-state index is 14.5. The van der Waals surface area contributed by atoms with Crippen LogP contribution >= 0.6 is 22.9 Å². The number of benzene rings is 2. The molecular formula is C20H17ClFNO3S. The quantitative estimate of drug-likeness (QED) is 0.586.